The molecule has 0 bridgehead atoms. The van der Waals surface area contributed by atoms with E-state index < -0.39 is 0 Å². The summed E-state index contributed by atoms with van der Waals surface area (Å²) in [6.45, 7) is 3.53. The second kappa shape index (κ2) is 5.68. The highest BCUT2D eigenvalue weighted by Crippen LogP contribution is 2.34. The molecule has 1 aliphatic heterocycles. The van der Waals surface area contributed by atoms with E-state index in [0.717, 1.165) is 30.8 Å². The van der Waals surface area contributed by atoms with Crippen LogP contribution in [0.3, 0.4) is 0 Å². The Balaban J connectivity index is 2.04. The van der Waals surface area contributed by atoms with E-state index in [1.807, 2.05) is 0 Å². The fourth-order valence-corrected chi connectivity index (χ4v) is 2.90. The van der Waals surface area contributed by atoms with Crippen LogP contribution in [0.2, 0.25) is 0 Å². The summed E-state index contributed by atoms with van der Waals surface area (Å²) >= 11 is 0. The maximum absolute atomic E-state index is 5.87. The maximum Gasteiger partial charge on any atom is 0.127 e. The van der Waals surface area contributed by atoms with Gasteiger partial charge in [-0.05, 0) is 40.8 Å². The molecule has 0 amide bonds. The first kappa shape index (κ1) is 13.2. The van der Waals surface area contributed by atoms with E-state index in [9.17, 15) is 0 Å². The van der Waals surface area contributed by atoms with Crippen LogP contribution in [-0.4, -0.2) is 6.61 Å². The summed E-state index contributed by atoms with van der Waals surface area (Å²) in [5.74, 6) is 1.01. The summed E-state index contributed by atoms with van der Waals surface area (Å²) in [5.41, 5.74) is 12.2. The number of hydrogen-bond acceptors (Lipinski definition) is 2. The molecule has 0 atom stereocenters. The SMILES string of the molecule is CCCc1cccc(-c2cc(CN)c3c(c2)CCO3)c1. The highest BCUT2D eigenvalue weighted by atomic mass is 16.5. The van der Waals surface area contributed by atoms with Gasteiger partial charge in [0.1, 0.15) is 5.75 Å². The molecule has 0 spiro atoms. The minimum Gasteiger partial charge on any atom is -0.493 e. The summed E-state index contributed by atoms with van der Waals surface area (Å²) in [4.78, 5) is 0. The van der Waals surface area contributed by atoms with Gasteiger partial charge in [-0.3, -0.25) is 0 Å². The van der Waals surface area contributed by atoms with Gasteiger partial charge in [0.2, 0.25) is 0 Å². The number of hydrogen-bond donors (Lipinski definition) is 1. The van der Waals surface area contributed by atoms with Crippen molar-refractivity contribution in [3.63, 3.8) is 0 Å². The first-order chi connectivity index (χ1) is 9.81. The molecule has 0 aliphatic carbocycles. The number of benzene rings is 2. The number of fused-ring (bicyclic) bond motifs is 1. The molecule has 0 saturated heterocycles. The van der Waals surface area contributed by atoms with Crippen LogP contribution in [0.4, 0.5) is 0 Å². The Morgan fingerprint density at radius 3 is 2.85 bits per heavy atom. The van der Waals surface area contributed by atoms with E-state index >= 15 is 0 Å². The lowest BCUT2D eigenvalue weighted by molar-refractivity contribution is 0.353. The Labute approximate surface area is 120 Å². The first-order valence-corrected chi connectivity index (χ1v) is 7.39. The van der Waals surface area contributed by atoms with E-state index in [-0.39, 0.29) is 0 Å². The molecular formula is C18H21NO. The molecule has 0 unspecified atom stereocenters. The molecule has 3 rings (SSSR count). The molecule has 104 valence electrons. The normalized spacial score (nSPS) is 13.1. The lowest BCUT2D eigenvalue weighted by atomic mass is 9.96. The van der Waals surface area contributed by atoms with Gasteiger partial charge in [-0.15, -0.1) is 0 Å². The van der Waals surface area contributed by atoms with Crippen LogP contribution in [0.1, 0.15) is 30.0 Å². The highest BCUT2D eigenvalue weighted by molar-refractivity contribution is 5.68. The van der Waals surface area contributed by atoms with Crippen molar-refractivity contribution in [1.82, 2.24) is 0 Å². The standard InChI is InChI=1S/C18H21NO/c1-2-4-13-5-3-6-14(9-13)16-10-15-7-8-20-18(15)17(11-16)12-19/h3,5-6,9-11H,2,4,7-8,12,19H2,1H3. The van der Waals surface area contributed by atoms with Gasteiger partial charge >= 0.3 is 0 Å². The maximum atomic E-state index is 5.87. The Hall–Kier alpha value is -1.80. The van der Waals surface area contributed by atoms with Crippen molar-refractivity contribution >= 4 is 0 Å². The van der Waals surface area contributed by atoms with E-state index in [2.05, 4.69) is 43.3 Å². The lowest BCUT2D eigenvalue weighted by Crippen LogP contribution is -2.00. The largest absolute Gasteiger partial charge is 0.493 e. The van der Waals surface area contributed by atoms with Crippen molar-refractivity contribution in [2.45, 2.75) is 32.7 Å². The number of nitrogens with two attached hydrogens (primary N) is 1. The minimum absolute atomic E-state index is 0.533. The zero-order chi connectivity index (χ0) is 13.9. The summed E-state index contributed by atoms with van der Waals surface area (Å²) in [6, 6.07) is 13.2. The molecule has 2 N–H and O–H groups in total. The summed E-state index contributed by atoms with van der Waals surface area (Å²) in [5, 5.41) is 0. The van der Waals surface area contributed by atoms with Crippen LogP contribution in [0.15, 0.2) is 36.4 Å². The summed E-state index contributed by atoms with van der Waals surface area (Å²) in [6.07, 6.45) is 3.30. The highest BCUT2D eigenvalue weighted by Gasteiger charge is 2.17. The van der Waals surface area contributed by atoms with Gasteiger partial charge in [-0.1, -0.05) is 37.6 Å². The van der Waals surface area contributed by atoms with Crippen LogP contribution in [-0.2, 0) is 19.4 Å². The quantitative estimate of drug-likeness (QED) is 0.916. The third-order valence-electron chi connectivity index (χ3n) is 3.88. The molecule has 2 heteroatoms. The Kier molecular flexibility index (Phi) is 3.75. The van der Waals surface area contributed by atoms with Crippen LogP contribution < -0.4 is 10.5 Å². The Bertz CT molecular complexity index is 619. The smallest absolute Gasteiger partial charge is 0.127 e. The monoisotopic (exact) mass is 267 g/mol. The Morgan fingerprint density at radius 2 is 2.05 bits per heavy atom. The molecule has 20 heavy (non-hydrogen) atoms. The third-order valence-corrected chi connectivity index (χ3v) is 3.88. The van der Waals surface area contributed by atoms with Gasteiger partial charge < -0.3 is 10.5 Å². The van der Waals surface area contributed by atoms with Crippen LogP contribution >= 0.6 is 0 Å². The molecule has 0 fully saturated rings. The number of rotatable bonds is 4. The predicted octanol–water partition coefficient (Wildman–Crippen LogP) is 3.70. The van der Waals surface area contributed by atoms with Gasteiger partial charge in [-0.2, -0.15) is 0 Å². The zero-order valence-corrected chi connectivity index (χ0v) is 12.0. The zero-order valence-electron chi connectivity index (χ0n) is 12.0. The predicted molar refractivity (Wildman–Crippen MR) is 83.0 cm³/mol. The van der Waals surface area contributed by atoms with E-state index in [4.69, 9.17) is 10.5 Å². The van der Waals surface area contributed by atoms with Gasteiger partial charge in [0.05, 0.1) is 6.61 Å². The summed E-state index contributed by atoms with van der Waals surface area (Å²) < 4.78 is 5.69. The Morgan fingerprint density at radius 1 is 1.15 bits per heavy atom. The second-order valence-electron chi connectivity index (χ2n) is 5.38. The van der Waals surface area contributed by atoms with Crippen LogP contribution in [0, 0.1) is 0 Å². The topological polar surface area (TPSA) is 35.2 Å². The summed E-state index contributed by atoms with van der Waals surface area (Å²) in [7, 11) is 0. The third kappa shape index (κ3) is 2.44. The first-order valence-electron chi connectivity index (χ1n) is 7.39. The molecular weight excluding hydrogens is 246 g/mol. The average Bonchev–Trinajstić information content (AvgIpc) is 2.95. The van der Waals surface area contributed by atoms with E-state index in [1.54, 1.807) is 0 Å². The van der Waals surface area contributed by atoms with Gasteiger partial charge in [-0.25, -0.2) is 0 Å². The lowest BCUT2D eigenvalue weighted by Gasteiger charge is -2.11. The second-order valence-corrected chi connectivity index (χ2v) is 5.38. The van der Waals surface area contributed by atoms with Gasteiger partial charge in [0, 0.05) is 18.5 Å². The molecule has 0 saturated carbocycles. The van der Waals surface area contributed by atoms with E-state index in [1.165, 1.54) is 28.7 Å². The van der Waals surface area contributed by atoms with E-state index in [0.29, 0.717) is 6.54 Å². The van der Waals surface area contributed by atoms with Crippen LogP contribution in [0.25, 0.3) is 11.1 Å². The van der Waals surface area contributed by atoms with Crippen molar-refractivity contribution in [2.24, 2.45) is 5.73 Å². The van der Waals surface area contributed by atoms with Crippen molar-refractivity contribution in [2.75, 3.05) is 6.61 Å². The fourth-order valence-electron chi connectivity index (χ4n) is 2.90. The molecule has 0 radical (unpaired) electrons. The fraction of sp³-hybridized carbons (Fsp3) is 0.333. The number of aryl methyl sites for hydroxylation is 1. The number of ether oxygens (including phenoxy) is 1. The molecule has 1 aliphatic rings. The van der Waals surface area contributed by atoms with Crippen molar-refractivity contribution in [1.29, 1.82) is 0 Å². The van der Waals surface area contributed by atoms with Crippen molar-refractivity contribution in [3.05, 3.63) is 53.1 Å². The van der Waals surface area contributed by atoms with Crippen LogP contribution in [0.5, 0.6) is 5.75 Å². The minimum atomic E-state index is 0.533. The molecule has 2 nitrogen and oxygen atoms in total. The van der Waals surface area contributed by atoms with Crippen molar-refractivity contribution in [3.8, 4) is 16.9 Å². The molecule has 0 aromatic heterocycles. The van der Waals surface area contributed by atoms with Gasteiger partial charge in [0.15, 0.2) is 0 Å². The van der Waals surface area contributed by atoms with Crippen molar-refractivity contribution < 1.29 is 4.74 Å². The van der Waals surface area contributed by atoms with Gasteiger partial charge in [0.25, 0.3) is 0 Å². The molecule has 2 aromatic carbocycles. The average molecular weight is 267 g/mol. The molecule has 2 aromatic rings. The molecule has 1 heterocycles.